The number of fused-ring (bicyclic) bond motifs is 1. The van der Waals surface area contributed by atoms with Gasteiger partial charge in [-0.05, 0) is 31.4 Å². The van der Waals surface area contributed by atoms with Crippen molar-refractivity contribution in [1.82, 2.24) is 10.2 Å². The van der Waals surface area contributed by atoms with Gasteiger partial charge in [-0.1, -0.05) is 49.3 Å². The van der Waals surface area contributed by atoms with Crippen molar-refractivity contribution in [1.29, 1.82) is 0 Å². The average Bonchev–Trinajstić information content (AvgIpc) is 3.53. The van der Waals surface area contributed by atoms with E-state index in [2.05, 4.69) is 17.2 Å². The standard InChI is InChI=1S/C25H29N3O4/c1-3-14-28-21(23(30)26-16-9-5-6-10-16)25-13-12-18(32-25)19(20(25)24(28)31)22(29)27-17-11-7-4-8-15(17)2/h3-4,7-8,11-13,16,18-21H,1,5-6,9-10,14H2,2H3,(H,26,30)(H,27,29)/t18-,19-,20+,21+,25+/m1/s1. The molecule has 3 heterocycles. The predicted octanol–water partition coefficient (Wildman–Crippen LogP) is 2.33. The second-order valence-electron chi connectivity index (χ2n) is 9.27. The fraction of sp³-hybridized carbons (Fsp3) is 0.480. The van der Waals surface area contributed by atoms with Crippen molar-refractivity contribution in [2.45, 2.75) is 56.4 Å². The lowest BCUT2D eigenvalue weighted by Crippen LogP contribution is -2.56. The highest BCUT2D eigenvalue weighted by atomic mass is 16.5. The van der Waals surface area contributed by atoms with Gasteiger partial charge in [0, 0.05) is 18.3 Å². The molecule has 2 bridgehead atoms. The van der Waals surface area contributed by atoms with Gasteiger partial charge in [0.25, 0.3) is 0 Å². The highest BCUT2D eigenvalue weighted by molar-refractivity contribution is 6.03. The second kappa shape index (κ2) is 7.89. The second-order valence-corrected chi connectivity index (χ2v) is 9.27. The van der Waals surface area contributed by atoms with Crippen molar-refractivity contribution in [3.8, 4) is 0 Å². The first-order valence-electron chi connectivity index (χ1n) is 11.4. The van der Waals surface area contributed by atoms with Crippen LogP contribution in [0.25, 0.3) is 0 Å². The molecule has 0 radical (unpaired) electrons. The zero-order valence-corrected chi connectivity index (χ0v) is 18.3. The Morgan fingerprint density at radius 3 is 2.72 bits per heavy atom. The van der Waals surface area contributed by atoms with E-state index < -0.39 is 29.6 Å². The number of amides is 3. The van der Waals surface area contributed by atoms with Crippen molar-refractivity contribution in [3.05, 3.63) is 54.6 Å². The summed E-state index contributed by atoms with van der Waals surface area (Å²) in [6.07, 6.45) is 8.84. The molecule has 5 rings (SSSR count). The van der Waals surface area contributed by atoms with E-state index in [1.54, 1.807) is 6.08 Å². The molecule has 4 aliphatic rings. The maximum atomic E-state index is 13.6. The van der Waals surface area contributed by atoms with Crippen LogP contribution in [0.15, 0.2) is 49.1 Å². The maximum Gasteiger partial charge on any atom is 0.246 e. The molecule has 2 N–H and O–H groups in total. The van der Waals surface area contributed by atoms with Crippen LogP contribution in [-0.4, -0.2) is 53.0 Å². The van der Waals surface area contributed by atoms with Crippen molar-refractivity contribution in [2.75, 3.05) is 11.9 Å². The van der Waals surface area contributed by atoms with E-state index >= 15 is 0 Å². The normalized spacial score (nSPS) is 32.9. The van der Waals surface area contributed by atoms with Gasteiger partial charge >= 0.3 is 0 Å². The first-order chi connectivity index (χ1) is 15.5. The van der Waals surface area contributed by atoms with Gasteiger partial charge in [-0.3, -0.25) is 14.4 Å². The first-order valence-corrected chi connectivity index (χ1v) is 11.4. The number of para-hydroxylation sites is 1. The number of aryl methyl sites for hydroxylation is 1. The molecule has 32 heavy (non-hydrogen) atoms. The summed E-state index contributed by atoms with van der Waals surface area (Å²) in [5.41, 5.74) is 0.526. The number of nitrogens with one attached hydrogen (secondary N) is 2. The number of carbonyl (C=O) groups is 3. The quantitative estimate of drug-likeness (QED) is 0.672. The first kappa shape index (κ1) is 20.9. The third kappa shape index (κ3) is 3.10. The largest absolute Gasteiger partial charge is 0.359 e. The van der Waals surface area contributed by atoms with Gasteiger partial charge < -0.3 is 20.3 Å². The number of ether oxygens (including phenoxy) is 1. The Kier molecular flexibility index (Phi) is 5.16. The summed E-state index contributed by atoms with van der Waals surface area (Å²) in [4.78, 5) is 41.8. The molecule has 3 aliphatic heterocycles. The molecule has 7 nitrogen and oxygen atoms in total. The highest BCUT2D eigenvalue weighted by Crippen LogP contribution is 2.55. The summed E-state index contributed by atoms with van der Waals surface area (Å²) in [6.45, 7) is 5.92. The van der Waals surface area contributed by atoms with Crippen molar-refractivity contribution >= 4 is 23.4 Å². The number of nitrogens with zero attached hydrogens (tertiary/aromatic N) is 1. The Bertz CT molecular complexity index is 999. The molecule has 3 fully saturated rings. The fourth-order valence-electron chi connectivity index (χ4n) is 5.88. The molecular weight excluding hydrogens is 406 g/mol. The molecule has 1 spiro atoms. The zero-order valence-electron chi connectivity index (χ0n) is 18.3. The Hall–Kier alpha value is -2.93. The summed E-state index contributed by atoms with van der Waals surface area (Å²) >= 11 is 0. The van der Waals surface area contributed by atoms with Gasteiger partial charge in [0.1, 0.15) is 11.6 Å². The van der Waals surface area contributed by atoms with Crippen molar-refractivity contribution in [3.63, 3.8) is 0 Å². The average molecular weight is 436 g/mol. The van der Waals surface area contributed by atoms with Crippen LogP contribution in [-0.2, 0) is 19.1 Å². The molecule has 1 aromatic rings. The zero-order chi connectivity index (χ0) is 22.5. The summed E-state index contributed by atoms with van der Waals surface area (Å²) in [5, 5.41) is 6.10. The van der Waals surface area contributed by atoms with E-state index in [1.165, 1.54) is 4.90 Å². The van der Waals surface area contributed by atoms with E-state index in [4.69, 9.17) is 4.74 Å². The molecule has 0 aromatic heterocycles. The monoisotopic (exact) mass is 435 g/mol. The van der Waals surface area contributed by atoms with Crippen molar-refractivity contribution < 1.29 is 19.1 Å². The maximum absolute atomic E-state index is 13.6. The van der Waals surface area contributed by atoms with Gasteiger partial charge in [-0.25, -0.2) is 0 Å². The van der Waals surface area contributed by atoms with Crippen LogP contribution < -0.4 is 10.6 Å². The van der Waals surface area contributed by atoms with Crippen LogP contribution in [0.4, 0.5) is 5.69 Å². The van der Waals surface area contributed by atoms with E-state index in [9.17, 15) is 14.4 Å². The summed E-state index contributed by atoms with van der Waals surface area (Å²) in [5.74, 6) is -2.12. The van der Waals surface area contributed by atoms with E-state index in [0.717, 1.165) is 31.2 Å². The van der Waals surface area contributed by atoms with Crippen LogP contribution in [0.2, 0.25) is 0 Å². The topological polar surface area (TPSA) is 87.7 Å². The predicted molar refractivity (Wildman–Crippen MR) is 120 cm³/mol. The van der Waals surface area contributed by atoms with Crippen molar-refractivity contribution in [2.24, 2.45) is 11.8 Å². The minimum Gasteiger partial charge on any atom is -0.359 e. The van der Waals surface area contributed by atoms with Crippen LogP contribution in [0, 0.1) is 18.8 Å². The SMILES string of the molecule is C=CCN1C(=O)[C@@H]2[C@H](C(=O)Nc3ccccc3C)[C@H]3C=C[C@@]2(O3)[C@@H]1C(=O)NC1CCCC1. The molecule has 1 aliphatic carbocycles. The lowest BCUT2D eigenvalue weighted by atomic mass is 9.74. The van der Waals surface area contributed by atoms with Gasteiger partial charge in [0.15, 0.2) is 0 Å². The Morgan fingerprint density at radius 1 is 1.25 bits per heavy atom. The minimum absolute atomic E-state index is 0.126. The molecule has 3 amide bonds. The van der Waals surface area contributed by atoms with E-state index in [-0.39, 0.29) is 30.3 Å². The summed E-state index contributed by atoms with van der Waals surface area (Å²) in [7, 11) is 0. The third-order valence-electron chi connectivity index (χ3n) is 7.36. The smallest absolute Gasteiger partial charge is 0.246 e. The molecule has 5 atom stereocenters. The molecule has 7 heteroatoms. The Balaban J connectivity index is 1.45. The number of rotatable bonds is 6. The fourth-order valence-corrected chi connectivity index (χ4v) is 5.88. The lowest BCUT2D eigenvalue weighted by Gasteiger charge is -2.32. The Morgan fingerprint density at radius 2 is 2.00 bits per heavy atom. The van der Waals surface area contributed by atoms with Crippen LogP contribution in [0.3, 0.4) is 0 Å². The molecule has 2 saturated heterocycles. The molecule has 168 valence electrons. The van der Waals surface area contributed by atoms with Gasteiger partial charge in [0.2, 0.25) is 17.7 Å². The van der Waals surface area contributed by atoms with Crippen LogP contribution >= 0.6 is 0 Å². The molecular formula is C25H29N3O4. The number of carbonyl (C=O) groups excluding carboxylic acids is 3. The molecule has 1 saturated carbocycles. The van der Waals surface area contributed by atoms with E-state index in [0.29, 0.717) is 5.69 Å². The van der Waals surface area contributed by atoms with Crippen LogP contribution in [0.5, 0.6) is 0 Å². The summed E-state index contributed by atoms with van der Waals surface area (Å²) < 4.78 is 6.30. The Labute approximate surface area is 187 Å². The highest BCUT2D eigenvalue weighted by Gasteiger charge is 2.72. The van der Waals surface area contributed by atoms with Crippen LogP contribution in [0.1, 0.15) is 31.2 Å². The number of hydrogen-bond donors (Lipinski definition) is 2. The number of likely N-dealkylation sites (tertiary alicyclic amines) is 1. The number of anilines is 1. The van der Waals surface area contributed by atoms with Gasteiger partial charge in [0.05, 0.1) is 17.9 Å². The van der Waals surface area contributed by atoms with Gasteiger partial charge in [-0.2, -0.15) is 0 Å². The number of hydrogen-bond acceptors (Lipinski definition) is 4. The third-order valence-corrected chi connectivity index (χ3v) is 7.36. The van der Waals surface area contributed by atoms with Gasteiger partial charge in [-0.15, -0.1) is 6.58 Å². The molecule has 0 unspecified atom stereocenters. The number of benzene rings is 1. The van der Waals surface area contributed by atoms with E-state index in [1.807, 2.05) is 43.3 Å². The minimum atomic E-state index is -1.12. The molecule has 1 aromatic carbocycles. The summed E-state index contributed by atoms with van der Waals surface area (Å²) in [6, 6.07) is 6.84. The lowest BCUT2D eigenvalue weighted by molar-refractivity contribution is -0.140.